The average Bonchev–Trinajstić information content (AvgIpc) is 2.60. The molecule has 3 heteroatoms. The van der Waals surface area contributed by atoms with Gasteiger partial charge in [-0.05, 0) is 36.2 Å². The standard InChI is InChI=1S/C17H16ClNO/c18-14-6-3-5-13(11-14)12-19-10-4-9-17(20)15-7-1-2-8-16(15)19/h1-3,5-8,11H,4,9-10,12H2. The van der Waals surface area contributed by atoms with Gasteiger partial charge in [0.25, 0.3) is 0 Å². The lowest BCUT2D eigenvalue weighted by atomic mass is 10.1. The average molecular weight is 286 g/mol. The number of Topliss-reactive ketones (excluding diaryl/α,β-unsaturated/α-hetero) is 1. The molecule has 0 bridgehead atoms. The summed E-state index contributed by atoms with van der Waals surface area (Å²) in [6.07, 6.45) is 1.52. The van der Waals surface area contributed by atoms with Crippen molar-refractivity contribution < 1.29 is 4.79 Å². The van der Waals surface area contributed by atoms with E-state index in [0.29, 0.717) is 6.42 Å². The van der Waals surface area contributed by atoms with Crippen molar-refractivity contribution in [1.29, 1.82) is 0 Å². The first-order valence-electron chi connectivity index (χ1n) is 6.85. The summed E-state index contributed by atoms with van der Waals surface area (Å²) in [5.41, 5.74) is 3.05. The third-order valence-corrected chi connectivity index (χ3v) is 3.87. The number of benzene rings is 2. The van der Waals surface area contributed by atoms with Gasteiger partial charge in [0, 0.05) is 35.8 Å². The lowest BCUT2D eigenvalue weighted by Crippen LogP contribution is -2.23. The Hall–Kier alpha value is -1.80. The van der Waals surface area contributed by atoms with Gasteiger partial charge in [-0.15, -0.1) is 0 Å². The van der Waals surface area contributed by atoms with Crippen LogP contribution in [0.3, 0.4) is 0 Å². The molecule has 0 aromatic heterocycles. The molecule has 0 atom stereocenters. The second-order valence-electron chi connectivity index (χ2n) is 5.10. The quantitative estimate of drug-likeness (QED) is 0.819. The Morgan fingerprint density at radius 2 is 1.95 bits per heavy atom. The normalized spacial score (nSPS) is 14.8. The zero-order valence-electron chi connectivity index (χ0n) is 11.2. The highest BCUT2D eigenvalue weighted by molar-refractivity contribution is 6.30. The second kappa shape index (κ2) is 5.68. The third-order valence-electron chi connectivity index (χ3n) is 3.64. The van der Waals surface area contributed by atoms with Gasteiger partial charge >= 0.3 is 0 Å². The van der Waals surface area contributed by atoms with Crippen LogP contribution in [0, 0.1) is 0 Å². The van der Waals surface area contributed by atoms with Crippen LogP contribution < -0.4 is 4.90 Å². The van der Waals surface area contributed by atoms with Gasteiger partial charge in [-0.3, -0.25) is 4.79 Å². The minimum atomic E-state index is 0.245. The molecule has 0 radical (unpaired) electrons. The molecule has 2 aromatic carbocycles. The number of anilines is 1. The highest BCUT2D eigenvalue weighted by Crippen LogP contribution is 2.27. The van der Waals surface area contributed by atoms with Gasteiger partial charge in [0.05, 0.1) is 0 Å². The summed E-state index contributed by atoms with van der Waals surface area (Å²) in [5.74, 6) is 0.245. The summed E-state index contributed by atoms with van der Waals surface area (Å²) in [7, 11) is 0. The smallest absolute Gasteiger partial charge is 0.165 e. The van der Waals surface area contributed by atoms with Crippen LogP contribution in [0.5, 0.6) is 0 Å². The van der Waals surface area contributed by atoms with Crippen molar-refractivity contribution in [3.63, 3.8) is 0 Å². The van der Waals surface area contributed by atoms with E-state index in [2.05, 4.69) is 11.0 Å². The number of nitrogens with zero attached hydrogens (tertiary/aromatic N) is 1. The molecule has 20 heavy (non-hydrogen) atoms. The van der Waals surface area contributed by atoms with Crippen molar-refractivity contribution in [2.24, 2.45) is 0 Å². The molecule has 2 aromatic rings. The topological polar surface area (TPSA) is 20.3 Å². The predicted octanol–water partition coefficient (Wildman–Crippen LogP) is 4.32. The van der Waals surface area contributed by atoms with E-state index in [1.807, 2.05) is 42.5 Å². The van der Waals surface area contributed by atoms with Crippen LogP contribution in [0.2, 0.25) is 5.02 Å². The fourth-order valence-corrected chi connectivity index (χ4v) is 2.90. The number of hydrogen-bond donors (Lipinski definition) is 0. The number of hydrogen-bond acceptors (Lipinski definition) is 2. The van der Waals surface area contributed by atoms with Crippen molar-refractivity contribution in [3.8, 4) is 0 Å². The van der Waals surface area contributed by atoms with Gasteiger partial charge in [0.2, 0.25) is 0 Å². The van der Waals surface area contributed by atoms with Gasteiger partial charge < -0.3 is 4.90 Å². The fraction of sp³-hybridized carbons (Fsp3) is 0.235. The highest BCUT2D eigenvalue weighted by Gasteiger charge is 2.20. The maximum absolute atomic E-state index is 12.1. The summed E-state index contributed by atoms with van der Waals surface area (Å²) in [4.78, 5) is 14.4. The SMILES string of the molecule is O=C1CCCN(Cc2cccc(Cl)c2)c2ccccc21. The Morgan fingerprint density at radius 3 is 2.80 bits per heavy atom. The molecule has 0 aliphatic carbocycles. The molecule has 1 heterocycles. The molecule has 0 spiro atoms. The van der Waals surface area contributed by atoms with Crippen LogP contribution in [0.4, 0.5) is 5.69 Å². The Kier molecular flexibility index (Phi) is 3.75. The summed E-state index contributed by atoms with van der Waals surface area (Å²) >= 11 is 6.05. The zero-order chi connectivity index (χ0) is 13.9. The summed E-state index contributed by atoms with van der Waals surface area (Å²) in [6.45, 7) is 1.68. The second-order valence-corrected chi connectivity index (χ2v) is 5.53. The summed E-state index contributed by atoms with van der Waals surface area (Å²) in [5, 5.41) is 0.752. The molecule has 102 valence electrons. The maximum atomic E-state index is 12.1. The van der Waals surface area contributed by atoms with E-state index in [9.17, 15) is 4.79 Å². The number of halogens is 1. The van der Waals surface area contributed by atoms with Gasteiger partial charge in [-0.2, -0.15) is 0 Å². The fourth-order valence-electron chi connectivity index (χ4n) is 2.69. The van der Waals surface area contributed by atoms with E-state index in [1.165, 1.54) is 5.56 Å². The van der Waals surface area contributed by atoms with Crippen LogP contribution in [0.1, 0.15) is 28.8 Å². The largest absolute Gasteiger partial charge is 0.367 e. The van der Waals surface area contributed by atoms with Crippen molar-refractivity contribution in [3.05, 3.63) is 64.7 Å². The van der Waals surface area contributed by atoms with E-state index in [1.54, 1.807) is 0 Å². The monoisotopic (exact) mass is 285 g/mol. The molecule has 0 amide bonds. The molecule has 1 aliphatic heterocycles. The van der Waals surface area contributed by atoms with Crippen molar-refractivity contribution in [1.82, 2.24) is 0 Å². The number of fused-ring (bicyclic) bond motifs is 1. The van der Waals surface area contributed by atoms with Crippen LogP contribution in [0.25, 0.3) is 0 Å². The van der Waals surface area contributed by atoms with Crippen LogP contribution in [0.15, 0.2) is 48.5 Å². The van der Waals surface area contributed by atoms with E-state index in [0.717, 1.165) is 35.8 Å². The molecule has 1 aliphatic rings. The van der Waals surface area contributed by atoms with Gasteiger partial charge in [0.15, 0.2) is 5.78 Å². The molecule has 0 saturated heterocycles. The predicted molar refractivity (Wildman–Crippen MR) is 82.5 cm³/mol. The highest BCUT2D eigenvalue weighted by atomic mass is 35.5. The molecular weight excluding hydrogens is 270 g/mol. The van der Waals surface area contributed by atoms with Gasteiger partial charge in [0.1, 0.15) is 0 Å². The first kappa shape index (κ1) is 13.2. The third kappa shape index (κ3) is 2.70. The van der Waals surface area contributed by atoms with E-state index in [-0.39, 0.29) is 5.78 Å². The van der Waals surface area contributed by atoms with Crippen molar-refractivity contribution in [2.75, 3.05) is 11.4 Å². The van der Waals surface area contributed by atoms with Crippen LogP contribution in [-0.4, -0.2) is 12.3 Å². The number of ketones is 1. The number of para-hydroxylation sites is 1. The van der Waals surface area contributed by atoms with E-state index < -0.39 is 0 Å². The molecule has 3 rings (SSSR count). The molecule has 0 unspecified atom stereocenters. The van der Waals surface area contributed by atoms with Crippen molar-refractivity contribution in [2.45, 2.75) is 19.4 Å². The van der Waals surface area contributed by atoms with E-state index >= 15 is 0 Å². The zero-order valence-corrected chi connectivity index (χ0v) is 11.9. The van der Waals surface area contributed by atoms with Gasteiger partial charge in [-0.1, -0.05) is 35.9 Å². The molecule has 0 saturated carbocycles. The number of rotatable bonds is 2. The molecular formula is C17H16ClNO. The minimum absolute atomic E-state index is 0.245. The van der Waals surface area contributed by atoms with Crippen molar-refractivity contribution >= 4 is 23.1 Å². The maximum Gasteiger partial charge on any atom is 0.165 e. The lowest BCUT2D eigenvalue weighted by molar-refractivity contribution is 0.0984. The lowest BCUT2D eigenvalue weighted by Gasteiger charge is -2.24. The molecule has 0 N–H and O–H groups in total. The minimum Gasteiger partial charge on any atom is -0.367 e. The number of carbonyl (C=O) groups excluding carboxylic acids is 1. The Labute approximate surface area is 124 Å². The van der Waals surface area contributed by atoms with Crippen LogP contribution in [-0.2, 0) is 6.54 Å². The molecule has 0 fully saturated rings. The number of carbonyl (C=O) groups is 1. The van der Waals surface area contributed by atoms with E-state index in [4.69, 9.17) is 11.6 Å². The van der Waals surface area contributed by atoms with Crippen LogP contribution >= 0.6 is 11.6 Å². The first-order chi connectivity index (χ1) is 9.74. The summed E-state index contributed by atoms with van der Waals surface area (Å²) < 4.78 is 0. The van der Waals surface area contributed by atoms with Gasteiger partial charge in [-0.25, -0.2) is 0 Å². The Bertz CT molecular complexity index is 638. The first-order valence-corrected chi connectivity index (χ1v) is 7.23. The molecule has 2 nitrogen and oxygen atoms in total. The Morgan fingerprint density at radius 1 is 1.10 bits per heavy atom. The summed E-state index contributed by atoms with van der Waals surface area (Å²) in [6, 6.07) is 15.8. The Balaban J connectivity index is 1.93.